The second-order valence-electron chi connectivity index (χ2n) is 6.10. The number of hydrogen-bond donors (Lipinski definition) is 0. The zero-order valence-corrected chi connectivity index (χ0v) is 15.7. The molecule has 2 heterocycles. The Morgan fingerprint density at radius 1 is 1.07 bits per heavy atom. The van der Waals surface area contributed by atoms with Gasteiger partial charge in [0.05, 0.1) is 40.3 Å². The van der Waals surface area contributed by atoms with Crippen LogP contribution in [0, 0.1) is 0 Å². The minimum Gasteiger partial charge on any atom is -0.493 e. The lowest BCUT2D eigenvalue weighted by molar-refractivity contribution is 0.0525. The van der Waals surface area contributed by atoms with Crippen LogP contribution in [0.3, 0.4) is 0 Å². The molecule has 0 saturated carbocycles. The highest BCUT2D eigenvalue weighted by molar-refractivity contribution is 5.95. The third kappa shape index (κ3) is 4.39. The second-order valence-corrected chi connectivity index (χ2v) is 6.10. The fourth-order valence-electron chi connectivity index (χ4n) is 3.03. The fourth-order valence-corrected chi connectivity index (χ4v) is 3.03. The molecule has 8 nitrogen and oxygen atoms in total. The molecule has 1 fully saturated rings. The number of carbonyl (C=O) groups is 1. The molecule has 1 amide bonds. The van der Waals surface area contributed by atoms with Crippen LogP contribution in [-0.2, 0) is 0 Å². The van der Waals surface area contributed by atoms with Crippen molar-refractivity contribution in [2.45, 2.75) is 18.9 Å². The van der Waals surface area contributed by atoms with Gasteiger partial charge in [0.2, 0.25) is 11.8 Å². The lowest BCUT2D eigenvalue weighted by atomic mass is 10.1. The van der Waals surface area contributed by atoms with Gasteiger partial charge in [0.25, 0.3) is 5.91 Å². The molecule has 1 saturated heterocycles. The number of amides is 1. The van der Waals surface area contributed by atoms with Gasteiger partial charge in [0, 0.05) is 12.1 Å². The highest BCUT2D eigenvalue weighted by Gasteiger charge is 2.26. The lowest BCUT2D eigenvalue weighted by Crippen LogP contribution is -2.44. The zero-order chi connectivity index (χ0) is 19.2. The Labute approximate surface area is 158 Å². The first-order valence-corrected chi connectivity index (χ1v) is 8.68. The van der Waals surface area contributed by atoms with Gasteiger partial charge in [-0.1, -0.05) is 0 Å². The van der Waals surface area contributed by atoms with Crippen LogP contribution in [0.1, 0.15) is 23.2 Å². The van der Waals surface area contributed by atoms with Crippen molar-refractivity contribution in [2.75, 3.05) is 34.4 Å². The molecule has 1 aliphatic heterocycles. The van der Waals surface area contributed by atoms with Crippen LogP contribution in [0.25, 0.3) is 0 Å². The summed E-state index contributed by atoms with van der Waals surface area (Å²) in [4.78, 5) is 22.9. The van der Waals surface area contributed by atoms with Crippen LogP contribution in [-0.4, -0.2) is 61.3 Å². The van der Waals surface area contributed by atoms with E-state index in [1.54, 1.807) is 37.3 Å². The topological polar surface area (TPSA) is 83.0 Å². The Morgan fingerprint density at radius 3 is 2.59 bits per heavy atom. The van der Waals surface area contributed by atoms with Gasteiger partial charge in [-0.2, -0.15) is 4.98 Å². The van der Waals surface area contributed by atoms with Crippen molar-refractivity contribution in [3.05, 3.63) is 36.2 Å². The Morgan fingerprint density at radius 2 is 1.85 bits per heavy atom. The summed E-state index contributed by atoms with van der Waals surface area (Å²) in [7, 11) is 4.64. The largest absolute Gasteiger partial charge is 0.493 e. The third-order valence-electron chi connectivity index (χ3n) is 4.38. The number of carbonyl (C=O) groups excluding carboxylic acids is 1. The van der Waals surface area contributed by atoms with E-state index in [0.29, 0.717) is 41.9 Å². The average Bonchev–Trinajstić information content (AvgIpc) is 2.73. The molecular weight excluding hydrogens is 350 g/mol. The summed E-state index contributed by atoms with van der Waals surface area (Å²) >= 11 is 0. The molecule has 1 aromatic carbocycles. The van der Waals surface area contributed by atoms with Crippen molar-refractivity contribution >= 4 is 5.91 Å². The molecule has 1 aromatic heterocycles. The SMILES string of the molecule is COc1cncc(OC2CCCN(C(=O)c3ccc(OC)c(OC)c3)C2)n1. The summed E-state index contributed by atoms with van der Waals surface area (Å²) in [5, 5.41) is 0. The van der Waals surface area contributed by atoms with Crippen LogP contribution >= 0.6 is 0 Å². The molecule has 1 unspecified atom stereocenters. The maximum absolute atomic E-state index is 12.9. The molecule has 1 aliphatic rings. The van der Waals surface area contributed by atoms with Crippen molar-refractivity contribution in [2.24, 2.45) is 0 Å². The van der Waals surface area contributed by atoms with Crippen LogP contribution in [0.15, 0.2) is 30.6 Å². The van der Waals surface area contributed by atoms with Gasteiger partial charge in [-0.15, -0.1) is 0 Å². The van der Waals surface area contributed by atoms with Gasteiger partial charge >= 0.3 is 0 Å². The van der Waals surface area contributed by atoms with Gasteiger partial charge in [0.1, 0.15) is 6.10 Å². The maximum atomic E-state index is 12.9. The van der Waals surface area contributed by atoms with Crippen LogP contribution in [0.5, 0.6) is 23.3 Å². The maximum Gasteiger partial charge on any atom is 0.254 e. The predicted octanol–water partition coefficient (Wildman–Crippen LogP) is 2.19. The Bertz CT molecular complexity index is 799. The molecule has 1 atom stereocenters. The number of piperidine rings is 1. The Hall–Kier alpha value is -3.03. The van der Waals surface area contributed by atoms with Crippen molar-refractivity contribution in [3.63, 3.8) is 0 Å². The highest BCUT2D eigenvalue weighted by Crippen LogP contribution is 2.28. The first-order chi connectivity index (χ1) is 13.1. The molecule has 3 rings (SSSR count). The first-order valence-electron chi connectivity index (χ1n) is 8.68. The minimum absolute atomic E-state index is 0.0685. The smallest absolute Gasteiger partial charge is 0.254 e. The Balaban J connectivity index is 1.69. The van der Waals surface area contributed by atoms with Gasteiger partial charge in [-0.05, 0) is 31.0 Å². The van der Waals surface area contributed by atoms with Crippen molar-refractivity contribution in [1.29, 1.82) is 0 Å². The highest BCUT2D eigenvalue weighted by atomic mass is 16.5. The van der Waals surface area contributed by atoms with Crippen molar-refractivity contribution in [1.82, 2.24) is 14.9 Å². The first kappa shape index (κ1) is 18.8. The number of ether oxygens (including phenoxy) is 4. The number of nitrogens with zero attached hydrogens (tertiary/aromatic N) is 3. The summed E-state index contributed by atoms with van der Waals surface area (Å²) in [5.74, 6) is 1.83. The van der Waals surface area contributed by atoms with Crippen LogP contribution < -0.4 is 18.9 Å². The van der Waals surface area contributed by atoms with E-state index in [4.69, 9.17) is 18.9 Å². The summed E-state index contributed by atoms with van der Waals surface area (Å²) in [6, 6.07) is 5.16. The standard InChI is InChI=1S/C19H23N3O5/c1-24-15-7-6-13(9-16(15)25-2)19(23)22-8-4-5-14(12-22)27-18-11-20-10-17(21-18)26-3/h6-7,9-11,14H,4-5,8,12H2,1-3H3. The Kier molecular flexibility index (Phi) is 5.95. The lowest BCUT2D eigenvalue weighted by Gasteiger charge is -2.32. The van der Waals surface area contributed by atoms with E-state index in [2.05, 4.69) is 9.97 Å². The van der Waals surface area contributed by atoms with Crippen LogP contribution in [0.2, 0.25) is 0 Å². The van der Waals surface area contributed by atoms with E-state index < -0.39 is 0 Å². The average molecular weight is 373 g/mol. The summed E-state index contributed by atoms with van der Waals surface area (Å²) in [6.07, 6.45) is 4.60. The van der Waals surface area contributed by atoms with Gasteiger partial charge in [-0.3, -0.25) is 9.78 Å². The van der Waals surface area contributed by atoms with E-state index >= 15 is 0 Å². The summed E-state index contributed by atoms with van der Waals surface area (Å²) in [6.45, 7) is 1.16. The fraction of sp³-hybridized carbons (Fsp3) is 0.421. The number of rotatable bonds is 6. The molecule has 0 spiro atoms. The molecule has 144 valence electrons. The number of benzene rings is 1. The molecule has 0 radical (unpaired) electrons. The number of likely N-dealkylation sites (tertiary alicyclic amines) is 1. The molecular formula is C19H23N3O5. The van der Waals surface area contributed by atoms with Gasteiger partial charge < -0.3 is 23.8 Å². The van der Waals surface area contributed by atoms with E-state index in [-0.39, 0.29) is 12.0 Å². The molecule has 0 bridgehead atoms. The van der Waals surface area contributed by atoms with Gasteiger partial charge in [0.15, 0.2) is 11.5 Å². The molecule has 2 aromatic rings. The summed E-state index contributed by atoms with van der Waals surface area (Å²) in [5.41, 5.74) is 0.550. The van der Waals surface area contributed by atoms with Crippen molar-refractivity contribution < 1.29 is 23.7 Å². The van der Waals surface area contributed by atoms with E-state index in [9.17, 15) is 4.79 Å². The third-order valence-corrected chi connectivity index (χ3v) is 4.38. The van der Waals surface area contributed by atoms with Crippen LogP contribution in [0.4, 0.5) is 0 Å². The van der Waals surface area contributed by atoms with Gasteiger partial charge in [-0.25, -0.2) is 0 Å². The number of aromatic nitrogens is 2. The zero-order valence-electron chi connectivity index (χ0n) is 15.7. The molecule has 0 N–H and O–H groups in total. The second kappa shape index (κ2) is 8.57. The summed E-state index contributed by atoms with van der Waals surface area (Å²) < 4.78 is 21.5. The van der Waals surface area contributed by atoms with E-state index in [0.717, 1.165) is 12.8 Å². The van der Waals surface area contributed by atoms with E-state index in [1.165, 1.54) is 19.5 Å². The quantitative estimate of drug-likeness (QED) is 0.767. The number of hydrogen-bond acceptors (Lipinski definition) is 7. The number of methoxy groups -OCH3 is 3. The van der Waals surface area contributed by atoms with Crippen molar-refractivity contribution in [3.8, 4) is 23.3 Å². The molecule has 0 aliphatic carbocycles. The molecule has 27 heavy (non-hydrogen) atoms. The normalized spacial score (nSPS) is 16.6. The van der Waals surface area contributed by atoms with E-state index in [1.807, 2.05) is 0 Å². The minimum atomic E-state index is -0.149. The predicted molar refractivity (Wildman–Crippen MR) is 97.7 cm³/mol. The molecule has 8 heteroatoms. The monoisotopic (exact) mass is 373 g/mol.